The average Bonchev–Trinajstić information content (AvgIpc) is 3.08. The number of benzene rings is 2. The van der Waals surface area contributed by atoms with Crippen molar-refractivity contribution in [1.29, 1.82) is 0 Å². The Bertz CT molecular complexity index is 1040. The van der Waals surface area contributed by atoms with Gasteiger partial charge in [0.2, 0.25) is 11.8 Å². The van der Waals surface area contributed by atoms with Gasteiger partial charge in [0.1, 0.15) is 6.54 Å². The maximum Gasteiger partial charge on any atom is 0.326 e. The van der Waals surface area contributed by atoms with Gasteiger partial charge in [0.25, 0.3) is 5.91 Å². The van der Waals surface area contributed by atoms with Crippen LogP contribution in [-0.2, 0) is 23.9 Å². The van der Waals surface area contributed by atoms with Crippen LogP contribution in [0.1, 0.15) is 25.7 Å². The van der Waals surface area contributed by atoms with Crippen molar-refractivity contribution in [3.05, 3.63) is 54.6 Å². The summed E-state index contributed by atoms with van der Waals surface area (Å²) >= 11 is 0. The summed E-state index contributed by atoms with van der Waals surface area (Å²) in [6.07, 6.45) is 3.18. The summed E-state index contributed by atoms with van der Waals surface area (Å²) in [7, 11) is 0. The summed E-state index contributed by atoms with van der Waals surface area (Å²) in [5.41, 5.74) is 1.85. The molecule has 2 aliphatic rings. The number of likely N-dealkylation sites (tertiary alicyclic amines) is 1. The number of hydrogen-bond acceptors (Lipinski definition) is 7. The van der Waals surface area contributed by atoms with E-state index in [2.05, 4.69) is 15.5 Å². The molecule has 1 N–H and O–H groups in total. The zero-order chi connectivity index (χ0) is 23.2. The van der Waals surface area contributed by atoms with Crippen molar-refractivity contribution in [3.63, 3.8) is 0 Å². The number of nitrogens with one attached hydrogen (secondary N) is 1. The standard InChI is InChI=1S/C24H24N4O5/c29-21(25-16-10-12-18(13-11-16)27-26-17-6-2-1-3-7-17)15-33-22(30)14-28-23(31)19-8-4-5-9-20(19)24(28)32/h1-3,6-7,10-13,19-20H,4-5,8-9,14-15H2,(H,25,29)/t19-,20-/m1/s1. The maximum absolute atomic E-state index is 12.4. The molecule has 1 saturated heterocycles. The van der Waals surface area contributed by atoms with E-state index in [1.54, 1.807) is 24.3 Å². The lowest BCUT2D eigenvalue weighted by Crippen LogP contribution is -2.37. The summed E-state index contributed by atoms with van der Waals surface area (Å²) in [5, 5.41) is 10.9. The number of amides is 3. The van der Waals surface area contributed by atoms with Gasteiger partial charge in [-0.25, -0.2) is 0 Å². The molecule has 0 radical (unpaired) electrons. The number of carbonyl (C=O) groups is 4. The lowest BCUT2D eigenvalue weighted by molar-refractivity contribution is -0.154. The number of anilines is 1. The molecule has 2 aromatic rings. The van der Waals surface area contributed by atoms with Crippen LogP contribution in [0.3, 0.4) is 0 Å². The summed E-state index contributed by atoms with van der Waals surface area (Å²) in [6.45, 7) is -0.976. The minimum absolute atomic E-state index is 0.310. The first kappa shape index (κ1) is 22.3. The van der Waals surface area contributed by atoms with Gasteiger partial charge in [0.15, 0.2) is 6.61 Å². The van der Waals surface area contributed by atoms with Crippen LogP contribution in [0.5, 0.6) is 0 Å². The van der Waals surface area contributed by atoms with E-state index in [-0.39, 0.29) is 23.7 Å². The van der Waals surface area contributed by atoms with Gasteiger partial charge in [0, 0.05) is 5.69 Å². The highest BCUT2D eigenvalue weighted by atomic mass is 16.5. The minimum Gasteiger partial charge on any atom is -0.454 e. The molecule has 3 amide bonds. The maximum atomic E-state index is 12.4. The molecule has 2 atom stereocenters. The zero-order valence-electron chi connectivity index (χ0n) is 18.0. The van der Waals surface area contributed by atoms with Crippen LogP contribution < -0.4 is 5.32 Å². The Morgan fingerprint density at radius 1 is 0.879 bits per heavy atom. The number of azo groups is 1. The predicted molar refractivity (Wildman–Crippen MR) is 119 cm³/mol. The molecule has 2 aromatic carbocycles. The molecule has 9 nitrogen and oxygen atoms in total. The third-order valence-electron chi connectivity index (χ3n) is 5.77. The second-order valence-electron chi connectivity index (χ2n) is 8.05. The molecule has 0 bridgehead atoms. The Balaban J connectivity index is 1.23. The number of esters is 1. The van der Waals surface area contributed by atoms with Crippen LogP contribution in [0.2, 0.25) is 0 Å². The normalized spacial score (nSPS) is 20.1. The van der Waals surface area contributed by atoms with Crippen molar-refractivity contribution in [2.24, 2.45) is 22.1 Å². The van der Waals surface area contributed by atoms with E-state index in [4.69, 9.17) is 4.74 Å². The van der Waals surface area contributed by atoms with Gasteiger partial charge in [-0.05, 0) is 49.2 Å². The molecule has 33 heavy (non-hydrogen) atoms. The fourth-order valence-electron chi connectivity index (χ4n) is 4.13. The van der Waals surface area contributed by atoms with Crippen LogP contribution >= 0.6 is 0 Å². The summed E-state index contributed by atoms with van der Waals surface area (Å²) in [5.74, 6) is -2.58. The van der Waals surface area contributed by atoms with E-state index < -0.39 is 25.0 Å². The van der Waals surface area contributed by atoms with Gasteiger partial charge in [-0.2, -0.15) is 10.2 Å². The summed E-state index contributed by atoms with van der Waals surface area (Å²) in [6, 6.07) is 16.0. The first-order chi connectivity index (χ1) is 16.0. The number of nitrogens with zero attached hydrogens (tertiary/aromatic N) is 3. The van der Waals surface area contributed by atoms with Crippen molar-refractivity contribution >= 4 is 40.8 Å². The zero-order valence-corrected chi connectivity index (χ0v) is 18.0. The van der Waals surface area contributed by atoms with Gasteiger partial charge in [-0.15, -0.1) is 0 Å². The Labute approximate surface area is 190 Å². The third-order valence-corrected chi connectivity index (χ3v) is 5.77. The number of rotatable bonds is 7. The largest absolute Gasteiger partial charge is 0.454 e. The van der Waals surface area contributed by atoms with Crippen LogP contribution in [0.4, 0.5) is 17.1 Å². The highest BCUT2D eigenvalue weighted by Crippen LogP contribution is 2.37. The lowest BCUT2D eigenvalue weighted by Gasteiger charge is -2.19. The number of hydrogen-bond donors (Lipinski definition) is 1. The fourth-order valence-corrected chi connectivity index (χ4v) is 4.13. The summed E-state index contributed by atoms with van der Waals surface area (Å²) < 4.78 is 4.97. The smallest absolute Gasteiger partial charge is 0.326 e. The number of fused-ring (bicyclic) bond motifs is 1. The Kier molecular flexibility index (Phi) is 6.87. The molecule has 4 rings (SSSR count). The van der Waals surface area contributed by atoms with Crippen LogP contribution in [-0.4, -0.2) is 41.7 Å². The van der Waals surface area contributed by atoms with Crippen molar-refractivity contribution in [1.82, 2.24) is 4.90 Å². The Morgan fingerprint density at radius 3 is 2.06 bits per heavy atom. The first-order valence-electron chi connectivity index (χ1n) is 10.9. The monoisotopic (exact) mass is 448 g/mol. The molecular formula is C24H24N4O5. The van der Waals surface area contributed by atoms with Crippen molar-refractivity contribution in [2.75, 3.05) is 18.5 Å². The average molecular weight is 448 g/mol. The SMILES string of the molecule is O=C(COC(=O)CN1C(=O)[C@@H]2CCCC[C@H]2C1=O)Nc1ccc(N=Nc2ccccc2)cc1. The Hall–Kier alpha value is -3.88. The molecular weight excluding hydrogens is 424 g/mol. The topological polar surface area (TPSA) is 118 Å². The molecule has 1 aliphatic carbocycles. The second kappa shape index (κ2) is 10.2. The number of ether oxygens (including phenoxy) is 1. The number of carbonyl (C=O) groups excluding carboxylic acids is 4. The van der Waals surface area contributed by atoms with Crippen LogP contribution in [0, 0.1) is 11.8 Å². The van der Waals surface area contributed by atoms with Gasteiger partial charge < -0.3 is 10.1 Å². The molecule has 0 unspecified atom stereocenters. The van der Waals surface area contributed by atoms with E-state index in [1.165, 1.54) is 0 Å². The molecule has 2 fully saturated rings. The van der Waals surface area contributed by atoms with E-state index in [0.717, 1.165) is 23.4 Å². The van der Waals surface area contributed by atoms with Gasteiger partial charge in [-0.3, -0.25) is 24.1 Å². The fraction of sp³-hybridized carbons (Fsp3) is 0.333. The van der Waals surface area contributed by atoms with Crippen molar-refractivity contribution < 1.29 is 23.9 Å². The van der Waals surface area contributed by atoms with Crippen molar-refractivity contribution in [2.45, 2.75) is 25.7 Å². The lowest BCUT2D eigenvalue weighted by atomic mass is 9.81. The van der Waals surface area contributed by atoms with E-state index in [0.29, 0.717) is 24.2 Å². The molecule has 1 aliphatic heterocycles. The molecule has 0 spiro atoms. The minimum atomic E-state index is -0.790. The third kappa shape index (κ3) is 5.49. The van der Waals surface area contributed by atoms with E-state index in [9.17, 15) is 19.2 Å². The molecule has 1 heterocycles. The molecule has 9 heteroatoms. The highest BCUT2D eigenvalue weighted by Gasteiger charge is 2.48. The summed E-state index contributed by atoms with van der Waals surface area (Å²) in [4.78, 5) is 50.0. The second-order valence-corrected chi connectivity index (χ2v) is 8.05. The van der Waals surface area contributed by atoms with E-state index in [1.807, 2.05) is 30.3 Å². The molecule has 1 saturated carbocycles. The van der Waals surface area contributed by atoms with E-state index >= 15 is 0 Å². The Morgan fingerprint density at radius 2 is 1.45 bits per heavy atom. The predicted octanol–water partition coefficient (Wildman–Crippen LogP) is 3.76. The van der Waals surface area contributed by atoms with Crippen LogP contribution in [0.15, 0.2) is 64.8 Å². The quantitative estimate of drug-likeness (QED) is 0.393. The first-order valence-corrected chi connectivity index (χ1v) is 10.9. The van der Waals surface area contributed by atoms with Gasteiger partial charge in [0.05, 0.1) is 23.2 Å². The van der Waals surface area contributed by atoms with Gasteiger partial charge in [-0.1, -0.05) is 31.0 Å². The molecule has 170 valence electrons. The van der Waals surface area contributed by atoms with Crippen molar-refractivity contribution in [3.8, 4) is 0 Å². The van der Waals surface area contributed by atoms with Crippen LogP contribution in [0.25, 0.3) is 0 Å². The molecule has 0 aromatic heterocycles. The number of imide groups is 1. The van der Waals surface area contributed by atoms with Gasteiger partial charge >= 0.3 is 5.97 Å². The highest BCUT2D eigenvalue weighted by molar-refractivity contribution is 6.07.